The van der Waals surface area contributed by atoms with Crippen molar-refractivity contribution in [3.8, 4) is 0 Å². The molecule has 0 saturated carbocycles. The van der Waals surface area contributed by atoms with Crippen molar-refractivity contribution >= 4 is 32.2 Å². The van der Waals surface area contributed by atoms with Crippen LogP contribution in [0.2, 0.25) is 0 Å². The second kappa shape index (κ2) is 8.89. The normalized spacial score (nSPS) is 20.9. The number of primary sulfonamides is 1. The first-order valence-electron chi connectivity index (χ1n) is 6.57. The van der Waals surface area contributed by atoms with Crippen LogP contribution in [0, 0.1) is 0 Å². The summed E-state index contributed by atoms with van der Waals surface area (Å²) in [5, 5.41) is 5.13. The van der Waals surface area contributed by atoms with Gasteiger partial charge in [-0.05, 0) is 31.0 Å². The number of thiophene rings is 1. The molecule has 8 heteroatoms. The molecule has 0 amide bonds. The first-order chi connectivity index (χ1) is 9.31. The Labute approximate surface area is 128 Å². The molecular weight excluding hydrogens is 316 g/mol. The van der Waals surface area contributed by atoms with Crippen LogP contribution in [0.1, 0.15) is 39.7 Å². The summed E-state index contributed by atoms with van der Waals surface area (Å²) >= 11 is 1.04. The minimum absolute atomic E-state index is 0.101. The first kappa shape index (κ1) is 19.7. The third kappa shape index (κ3) is 5.25. The molecule has 0 bridgehead atoms. The highest BCUT2D eigenvalue weighted by Crippen LogP contribution is 2.35. The van der Waals surface area contributed by atoms with Gasteiger partial charge in [0, 0.05) is 5.25 Å². The second-order valence-corrected chi connectivity index (χ2v) is 8.88. The topological polar surface area (TPSA) is 103 Å². The Balaban J connectivity index is 0.000000641. The first-order valence-corrected chi connectivity index (χ1v) is 10.1. The Morgan fingerprint density at radius 3 is 2.40 bits per heavy atom. The van der Waals surface area contributed by atoms with E-state index in [0.29, 0.717) is 4.21 Å². The minimum atomic E-state index is -3.65. The van der Waals surface area contributed by atoms with E-state index in [9.17, 15) is 12.6 Å². The van der Waals surface area contributed by atoms with Crippen LogP contribution >= 0.6 is 11.3 Å². The lowest BCUT2D eigenvalue weighted by atomic mass is 10.1. The van der Waals surface area contributed by atoms with E-state index in [-0.39, 0.29) is 9.46 Å². The van der Waals surface area contributed by atoms with E-state index in [1.807, 2.05) is 27.7 Å². The van der Waals surface area contributed by atoms with Crippen molar-refractivity contribution in [3.05, 3.63) is 11.6 Å². The Morgan fingerprint density at radius 2 is 1.95 bits per heavy atom. The van der Waals surface area contributed by atoms with Gasteiger partial charge in [0.05, 0.1) is 15.0 Å². The van der Waals surface area contributed by atoms with Gasteiger partial charge in [0.25, 0.3) is 0 Å². The predicted molar refractivity (Wildman–Crippen MR) is 86.0 cm³/mol. The third-order valence-corrected chi connectivity index (χ3v) is 7.13. The maximum Gasteiger partial charge on any atom is 0.247 e. The molecule has 1 aliphatic rings. The van der Waals surface area contributed by atoms with Crippen molar-refractivity contribution < 1.29 is 12.6 Å². The number of aryl methyl sites for hydroxylation is 1. The van der Waals surface area contributed by atoms with E-state index in [0.717, 1.165) is 36.3 Å². The molecule has 2 atom stereocenters. The molecule has 0 saturated heterocycles. The van der Waals surface area contributed by atoms with Crippen LogP contribution in [-0.2, 0) is 27.2 Å². The van der Waals surface area contributed by atoms with Crippen LogP contribution in [0.4, 0.5) is 0 Å². The number of fused-ring (bicyclic) bond motifs is 1. The molecule has 1 aromatic rings. The fourth-order valence-electron chi connectivity index (χ4n) is 1.52. The summed E-state index contributed by atoms with van der Waals surface area (Å²) in [6.07, 6.45) is 1.62. The van der Waals surface area contributed by atoms with Crippen molar-refractivity contribution in [2.75, 3.05) is 6.54 Å². The summed E-state index contributed by atoms with van der Waals surface area (Å²) in [5.74, 6) is 0. The lowest BCUT2D eigenvalue weighted by Crippen LogP contribution is -2.17. The van der Waals surface area contributed by atoms with Gasteiger partial charge in [0.2, 0.25) is 10.0 Å². The van der Waals surface area contributed by atoms with E-state index in [1.165, 1.54) is 0 Å². The van der Waals surface area contributed by atoms with Crippen molar-refractivity contribution in [1.82, 2.24) is 0 Å². The second-order valence-electron chi connectivity index (χ2n) is 3.98. The zero-order valence-electron chi connectivity index (χ0n) is 12.4. The molecule has 2 rings (SSSR count). The summed E-state index contributed by atoms with van der Waals surface area (Å²) in [7, 11) is -4.73. The summed E-state index contributed by atoms with van der Waals surface area (Å²) in [6, 6.07) is 1.55. The number of hydrogen-bond acceptors (Lipinski definition) is 5. The van der Waals surface area contributed by atoms with Crippen molar-refractivity contribution in [3.63, 3.8) is 0 Å². The average molecular weight is 341 g/mol. The quantitative estimate of drug-likeness (QED) is 0.814. The highest BCUT2D eigenvalue weighted by atomic mass is 32.3. The number of hydrogen-bond donors (Lipinski definition) is 2. The Hall–Kier alpha value is -0.280. The summed E-state index contributed by atoms with van der Waals surface area (Å²) in [5.41, 5.74) is 5.72. The fourth-order valence-corrected chi connectivity index (χ4v) is 5.58. The van der Waals surface area contributed by atoms with Crippen LogP contribution in [0.15, 0.2) is 14.5 Å². The van der Waals surface area contributed by atoms with E-state index in [1.54, 1.807) is 6.07 Å². The molecule has 0 radical (unpaired) electrons. The van der Waals surface area contributed by atoms with E-state index in [4.69, 9.17) is 10.9 Å². The molecule has 0 fully saturated rings. The average Bonchev–Trinajstić information content (AvgIpc) is 2.82. The molecule has 2 heterocycles. The van der Waals surface area contributed by atoms with Crippen LogP contribution < -0.4 is 10.9 Å². The zero-order valence-corrected chi connectivity index (χ0v) is 14.8. The molecule has 5 nitrogen and oxygen atoms in total. The number of rotatable bonds is 1. The van der Waals surface area contributed by atoms with Gasteiger partial charge in [0.1, 0.15) is 4.21 Å². The van der Waals surface area contributed by atoms with E-state index < -0.39 is 20.8 Å². The summed E-state index contributed by atoms with van der Waals surface area (Å²) < 4.78 is 34.9. The van der Waals surface area contributed by atoms with Gasteiger partial charge in [-0.2, -0.15) is 0 Å². The molecule has 118 valence electrons. The third-order valence-electron chi connectivity index (χ3n) is 2.40. The SMILES string of the molecule is CC.CC1CCc2cc(S(N)(=O)=O)sc2S1=O.CCN. The van der Waals surface area contributed by atoms with Crippen molar-refractivity contribution in [1.29, 1.82) is 0 Å². The smallest absolute Gasteiger partial charge is 0.247 e. The molecule has 0 spiro atoms. The van der Waals surface area contributed by atoms with Gasteiger partial charge in [-0.15, -0.1) is 11.3 Å². The standard InChI is InChI=1S/C8H11NO3S3.C2H7N.C2H6/c1-5-2-3-6-4-7(15(9,11)12)13-8(6)14(5)10;1-2-3;1-2/h4-5H,2-3H2,1H3,(H2,9,11,12);2-3H2,1H3;1-2H3. The van der Waals surface area contributed by atoms with Crippen LogP contribution in [0.3, 0.4) is 0 Å². The Bertz CT molecular complexity index is 538. The van der Waals surface area contributed by atoms with E-state index >= 15 is 0 Å². The molecular formula is C12H24N2O3S3. The van der Waals surface area contributed by atoms with Crippen molar-refractivity contribution in [2.45, 2.75) is 54.2 Å². The molecule has 1 aliphatic heterocycles. The molecule has 0 aromatic carbocycles. The molecule has 1 aromatic heterocycles. The Morgan fingerprint density at radius 1 is 1.45 bits per heavy atom. The maximum atomic E-state index is 11.8. The highest BCUT2D eigenvalue weighted by molar-refractivity contribution is 7.92. The number of nitrogens with two attached hydrogens (primary N) is 2. The van der Waals surface area contributed by atoms with Crippen molar-refractivity contribution in [2.24, 2.45) is 10.9 Å². The van der Waals surface area contributed by atoms with E-state index in [2.05, 4.69) is 0 Å². The Kier molecular flexibility index (Phi) is 8.76. The maximum absolute atomic E-state index is 11.8. The van der Waals surface area contributed by atoms with Crippen LogP contribution in [0.25, 0.3) is 0 Å². The van der Waals surface area contributed by atoms with Gasteiger partial charge in [-0.25, -0.2) is 13.6 Å². The zero-order chi connectivity index (χ0) is 15.9. The van der Waals surface area contributed by atoms with Gasteiger partial charge in [0.15, 0.2) is 0 Å². The van der Waals surface area contributed by atoms with Crippen LogP contribution in [0.5, 0.6) is 0 Å². The molecule has 2 unspecified atom stereocenters. The van der Waals surface area contributed by atoms with Gasteiger partial charge < -0.3 is 5.73 Å². The van der Waals surface area contributed by atoms with Gasteiger partial charge >= 0.3 is 0 Å². The molecule has 0 aliphatic carbocycles. The summed E-state index contributed by atoms with van der Waals surface area (Å²) in [6.45, 7) is 8.56. The lowest BCUT2D eigenvalue weighted by Gasteiger charge is -2.16. The summed E-state index contributed by atoms with van der Waals surface area (Å²) in [4.78, 5) is 0. The fraction of sp³-hybridized carbons (Fsp3) is 0.667. The number of sulfonamides is 1. The van der Waals surface area contributed by atoms with Crippen LogP contribution in [-0.4, -0.2) is 24.4 Å². The van der Waals surface area contributed by atoms with Gasteiger partial charge in [-0.3, -0.25) is 4.21 Å². The monoisotopic (exact) mass is 340 g/mol. The minimum Gasteiger partial charge on any atom is -0.331 e. The highest BCUT2D eigenvalue weighted by Gasteiger charge is 2.27. The molecule has 20 heavy (non-hydrogen) atoms. The van der Waals surface area contributed by atoms with Gasteiger partial charge in [-0.1, -0.05) is 27.7 Å². The largest absolute Gasteiger partial charge is 0.331 e. The predicted octanol–water partition coefficient (Wildman–Crippen LogP) is 1.83. The molecule has 4 N–H and O–H groups in total. The lowest BCUT2D eigenvalue weighted by molar-refractivity contribution is 0.599.